The molecule has 3 aliphatic rings. The summed E-state index contributed by atoms with van der Waals surface area (Å²) in [5.74, 6) is 0.0545. The van der Waals surface area contributed by atoms with Gasteiger partial charge in [-0.25, -0.2) is 0 Å². The van der Waals surface area contributed by atoms with E-state index in [0.29, 0.717) is 11.7 Å². The Morgan fingerprint density at radius 3 is 2.64 bits per heavy atom. The zero-order valence-corrected chi connectivity index (χ0v) is 15.0. The van der Waals surface area contributed by atoms with Gasteiger partial charge in [0.25, 0.3) is 5.91 Å². The third-order valence-electron chi connectivity index (χ3n) is 6.22. The molecule has 3 saturated heterocycles. The van der Waals surface area contributed by atoms with E-state index in [4.69, 9.17) is 4.74 Å². The van der Waals surface area contributed by atoms with Crippen molar-refractivity contribution in [3.05, 3.63) is 30.1 Å². The van der Waals surface area contributed by atoms with E-state index in [1.807, 2.05) is 17.0 Å². The van der Waals surface area contributed by atoms with Crippen LogP contribution in [0.3, 0.4) is 0 Å². The molecule has 0 N–H and O–H groups in total. The zero-order chi connectivity index (χ0) is 17.1. The summed E-state index contributed by atoms with van der Waals surface area (Å²) in [7, 11) is 0. The van der Waals surface area contributed by atoms with Crippen molar-refractivity contribution in [1.82, 2.24) is 14.8 Å². The van der Waals surface area contributed by atoms with Crippen molar-refractivity contribution in [2.24, 2.45) is 0 Å². The molecule has 1 atom stereocenters. The smallest absolute Gasteiger partial charge is 0.272 e. The minimum Gasteiger partial charge on any atom is -0.375 e. The Bertz CT molecular complexity index is 578. The summed E-state index contributed by atoms with van der Waals surface area (Å²) in [6.07, 6.45) is 9.97. The molecule has 1 unspecified atom stereocenters. The van der Waals surface area contributed by atoms with E-state index in [1.165, 1.54) is 38.8 Å². The summed E-state index contributed by atoms with van der Waals surface area (Å²) >= 11 is 0. The van der Waals surface area contributed by atoms with Gasteiger partial charge in [-0.1, -0.05) is 12.5 Å². The van der Waals surface area contributed by atoms with Crippen molar-refractivity contribution in [2.45, 2.75) is 56.6 Å². The first-order chi connectivity index (χ1) is 12.3. The standard InChI is InChI=1S/C20H29N3O2/c24-19(18-6-2-3-10-21-18)23-13-8-20(9-14-23)16-17(7-15-25-20)22-11-4-1-5-12-22/h2-3,6,10,17H,1,4-5,7-9,11-16H2. The van der Waals surface area contributed by atoms with E-state index >= 15 is 0 Å². The molecule has 3 aliphatic heterocycles. The lowest BCUT2D eigenvalue weighted by Crippen LogP contribution is -2.55. The first-order valence-corrected chi connectivity index (χ1v) is 9.84. The van der Waals surface area contributed by atoms with E-state index in [0.717, 1.165) is 39.0 Å². The Morgan fingerprint density at radius 1 is 1.12 bits per heavy atom. The number of rotatable bonds is 2. The Labute approximate surface area is 150 Å². The third kappa shape index (κ3) is 3.72. The minimum absolute atomic E-state index is 0.0126. The first-order valence-electron chi connectivity index (χ1n) is 9.84. The molecule has 25 heavy (non-hydrogen) atoms. The highest BCUT2D eigenvalue weighted by Crippen LogP contribution is 2.37. The van der Waals surface area contributed by atoms with Gasteiger partial charge in [0.1, 0.15) is 5.69 Å². The number of piperidine rings is 2. The molecule has 1 amide bonds. The molecule has 0 bridgehead atoms. The molecule has 4 heterocycles. The van der Waals surface area contributed by atoms with Crippen molar-refractivity contribution < 1.29 is 9.53 Å². The zero-order valence-electron chi connectivity index (χ0n) is 15.0. The molecule has 0 radical (unpaired) electrons. The summed E-state index contributed by atoms with van der Waals surface area (Å²) < 4.78 is 6.28. The van der Waals surface area contributed by atoms with Crippen LogP contribution in [0.15, 0.2) is 24.4 Å². The average molecular weight is 343 g/mol. The quantitative estimate of drug-likeness (QED) is 0.828. The van der Waals surface area contributed by atoms with Crippen molar-refractivity contribution in [1.29, 1.82) is 0 Å². The number of hydrogen-bond donors (Lipinski definition) is 0. The molecular formula is C20H29N3O2. The fourth-order valence-corrected chi connectivity index (χ4v) is 4.71. The van der Waals surface area contributed by atoms with Gasteiger partial charge in [0.05, 0.1) is 5.60 Å². The molecule has 0 aromatic carbocycles. The highest BCUT2D eigenvalue weighted by atomic mass is 16.5. The molecule has 136 valence electrons. The van der Waals surface area contributed by atoms with Crippen LogP contribution >= 0.6 is 0 Å². The van der Waals surface area contributed by atoms with Crippen LogP contribution < -0.4 is 0 Å². The van der Waals surface area contributed by atoms with E-state index in [-0.39, 0.29) is 11.5 Å². The Morgan fingerprint density at radius 2 is 1.92 bits per heavy atom. The predicted molar refractivity (Wildman–Crippen MR) is 96.5 cm³/mol. The van der Waals surface area contributed by atoms with Gasteiger partial charge in [0, 0.05) is 31.9 Å². The van der Waals surface area contributed by atoms with Crippen LogP contribution in [-0.2, 0) is 4.74 Å². The number of aromatic nitrogens is 1. The maximum atomic E-state index is 12.6. The monoisotopic (exact) mass is 343 g/mol. The number of amides is 1. The van der Waals surface area contributed by atoms with Crippen molar-refractivity contribution in [3.8, 4) is 0 Å². The molecule has 5 heteroatoms. The topological polar surface area (TPSA) is 45.7 Å². The number of carbonyl (C=O) groups excluding carboxylic acids is 1. The van der Waals surface area contributed by atoms with Gasteiger partial charge in [0.2, 0.25) is 0 Å². The van der Waals surface area contributed by atoms with Crippen molar-refractivity contribution in [3.63, 3.8) is 0 Å². The largest absolute Gasteiger partial charge is 0.375 e. The minimum atomic E-state index is -0.0126. The Hall–Kier alpha value is -1.46. The van der Waals surface area contributed by atoms with Gasteiger partial charge in [0.15, 0.2) is 0 Å². The molecular weight excluding hydrogens is 314 g/mol. The second-order valence-electron chi connectivity index (χ2n) is 7.78. The molecule has 1 spiro atoms. The normalized spacial score (nSPS) is 27.4. The lowest BCUT2D eigenvalue weighted by molar-refractivity contribution is -0.131. The summed E-state index contributed by atoms with van der Waals surface area (Å²) in [6, 6.07) is 6.19. The molecule has 0 aliphatic carbocycles. The molecule has 1 aromatic heterocycles. The summed E-state index contributed by atoms with van der Waals surface area (Å²) in [4.78, 5) is 21.4. The van der Waals surface area contributed by atoms with Crippen LogP contribution in [0.5, 0.6) is 0 Å². The van der Waals surface area contributed by atoms with E-state index in [2.05, 4.69) is 9.88 Å². The number of hydrogen-bond acceptors (Lipinski definition) is 4. The maximum Gasteiger partial charge on any atom is 0.272 e. The third-order valence-corrected chi connectivity index (χ3v) is 6.22. The SMILES string of the molecule is O=C(c1ccccn1)N1CCC2(CC1)CC(N1CCCCC1)CCO2. The summed E-state index contributed by atoms with van der Waals surface area (Å²) in [5.41, 5.74) is 0.538. The molecule has 3 fully saturated rings. The van der Waals surface area contributed by atoms with Gasteiger partial charge in [-0.2, -0.15) is 0 Å². The number of nitrogens with zero attached hydrogens (tertiary/aromatic N) is 3. The van der Waals surface area contributed by atoms with Crippen LogP contribution in [0.1, 0.15) is 55.4 Å². The van der Waals surface area contributed by atoms with Crippen LogP contribution in [0.2, 0.25) is 0 Å². The highest BCUT2D eigenvalue weighted by molar-refractivity contribution is 5.92. The van der Waals surface area contributed by atoms with Gasteiger partial charge in [-0.15, -0.1) is 0 Å². The number of carbonyl (C=O) groups is 1. The van der Waals surface area contributed by atoms with Crippen LogP contribution in [0.25, 0.3) is 0 Å². The molecule has 5 nitrogen and oxygen atoms in total. The second-order valence-corrected chi connectivity index (χ2v) is 7.78. The van der Waals surface area contributed by atoms with Crippen molar-refractivity contribution in [2.75, 3.05) is 32.8 Å². The van der Waals surface area contributed by atoms with E-state index < -0.39 is 0 Å². The Balaban J connectivity index is 1.36. The van der Waals surface area contributed by atoms with Crippen LogP contribution in [0.4, 0.5) is 0 Å². The van der Waals surface area contributed by atoms with Crippen LogP contribution in [0, 0.1) is 0 Å². The van der Waals surface area contributed by atoms with Gasteiger partial charge in [-0.3, -0.25) is 9.78 Å². The number of pyridine rings is 1. The molecule has 4 rings (SSSR count). The maximum absolute atomic E-state index is 12.6. The Kier molecular flexibility index (Phi) is 5.04. The van der Waals surface area contributed by atoms with Crippen LogP contribution in [-0.4, -0.2) is 65.1 Å². The van der Waals surface area contributed by atoms with Gasteiger partial charge < -0.3 is 14.5 Å². The van der Waals surface area contributed by atoms with E-state index in [1.54, 1.807) is 12.3 Å². The molecule has 1 aromatic rings. The molecule has 0 saturated carbocycles. The summed E-state index contributed by atoms with van der Waals surface area (Å²) in [6.45, 7) is 4.94. The first kappa shape index (κ1) is 17.0. The predicted octanol–water partition coefficient (Wildman–Crippen LogP) is 2.72. The van der Waals surface area contributed by atoms with Crippen molar-refractivity contribution >= 4 is 5.91 Å². The lowest BCUT2D eigenvalue weighted by Gasteiger charge is -2.49. The van der Waals surface area contributed by atoms with Gasteiger partial charge >= 0.3 is 0 Å². The van der Waals surface area contributed by atoms with Gasteiger partial charge in [-0.05, 0) is 63.7 Å². The second kappa shape index (κ2) is 7.42. The lowest BCUT2D eigenvalue weighted by atomic mass is 9.81. The number of ether oxygens (including phenoxy) is 1. The summed E-state index contributed by atoms with van der Waals surface area (Å²) in [5, 5.41) is 0. The fraction of sp³-hybridized carbons (Fsp3) is 0.700. The van der Waals surface area contributed by atoms with E-state index in [9.17, 15) is 4.79 Å². The fourth-order valence-electron chi connectivity index (χ4n) is 4.71. The number of likely N-dealkylation sites (tertiary alicyclic amines) is 2. The highest BCUT2D eigenvalue weighted by Gasteiger charge is 2.42. The average Bonchev–Trinajstić information content (AvgIpc) is 2.69.